The summed E-state index contributed by atoms with van der Waals surface area (Å²) in [6.07, 6.45) is 67.3. The molecule has 0 saturated carbocycles. The van der Waals surface area contributed by atoms with Crippen LogP contribution in [0.3, 0.4) is 0 Å². The van der Waals surface area contributed by atoms with Gasteiger partial charge in [-0.25, -0.2) is 0 Å². The van der Waals surface area contributed by atoms with Crippen molar-refractivity contribution >= 4 is 17.9 Å². The summed E-state index contributed by atoms with van der Waals surface area (Å²) in [5, 5.41) is 0. The molecule has 0 aliphatic rings. The highest BCUT2D eigenvalue weighted by Crippen LogP contribution is 2.17. The Kier molecular flexibility index (Phi) is 54.2. The van der Waals surface area contributed by atoms with Crippen LogP contribution in [0.1, 0.15) is 316 Å². The van der Waals surface area contributed by atoms with Crippen molar-refractivity contribution in [1.82, 2.24) is 0 Å². The van der Waals surface area contributed by atoms with E-state index in [4.69, 9.17) is 14.2 Å². The molecule has 0 aromatic carbocycles. The Bertz CT molecular complexity index is 1130. The van der Waals surface area contributed by atoms with Gasteiger partial charge in [-0.2, -0.15) is 0 Å². The highest BCUT2D eigenvalue weighted by molar-refractivity contribution is 5.71. The molecule has 1 unspecified atom stereocenters. The summed E-state index contributed by atoms with van der Waals surface area (Å²) < 4.78 is 16.8. The molecule has 0 saturated heterocycles. The molecule has 392 valence electrons. The van der Waals surface area contributed by atoms with Gasteiger partial charge in [0.05, 0.1) is 0 Å². The number of carbonyl (C=O) groups excluding carboxylic acids is 3. The van der Waals surface area contributed by atoms with E-state index < -0.39 is 6.10 Å². The van der Waals surface area contributed by atoms with E-state index >= 15 is 0 Å². The van der Waals surface area contributed by atoms with Crippen molar-refractivity contribution in [3.8, 4) is 0 Å². The Morgan fingerprint density at radius 3 is 0.910 bits per heavy atom. The van der Waals surface area contributed by atoms with Crippen LogP contribution in [0.25, 0.3) is 0 Å². The van der Waals surface area contributed by atoms with Crippen molar-refractivity contribution in [2.75, 3.05) is 13.2 Å². The van der Waals surface area contributed by atoms with Crippen molar-refractivity contribution in [1.29, 1.82) is 0 Å². The van der Waals surface area contributed by atoms with Crippen molar-refractivity contribution in [3.05, 3.63) is 36.5 Å². The molecule has 0 N–H and O–H groups in total. The first kappa shape index (κ1) is 64.6. The molecule has 0 heterocycles. The van der Waals surface area contributed by atoms with E-state index in [1.54, 1.807) is 0 Å². The molecule has 0 aromatic rings. The van der Waals surface area contributed by atoms with Gasteiger partial charge >= 0.3 is 17.9 Å². The second-order valence-electron chi connectivity index (χ2n) is 19.9. The number of allylic oxidation sites excluding steroid dienone is 6. The molecule has 1 atom stereocenters. The number of hydrogen-bond acceptors (Lipinski definition) is 6. The van der Waals surface area contributed by atoms with Crippen LogP contribution in [0, 0.1) is 0 Å². The van der Waals surface area contributed by atoms with Crippen LogP contribution in [0.4, 0.5) is 0 Å². The minimum atomic E-state index is -0.782. The average Bonchev–Trinajstić information content (AvgIpc) is 3.33. The number of unbranched alkanes of at least 4 members (excludes halogenated alkanes) is 37. The average molecular weight is 942 g/mol. The van der Waals surface area contributed by atoms with E-state index in [-0.39, 0.29) is 31.1 Å². The zero-order chi connectivity index (χ0) is 48.6. The zero-order valence-corrected chi connectivity index (χ0v) is 44.9. The fourth-order valence-corrected chi connectivity index (χ4v) is 8.75. The van der Waals surface area contributed by atoms with Gasteiger partial charge in [0.25, 0.3) is 0 Å². The lowest BCUT2D eigenvalue weighted by Gasteiger charge is -2.18. The number of ether oxygens (including phenoxy) is 3. The molecule has 0 amide bonds. The van der Waals surface area contributed by atoms with Gasteiger partial charge in [0.1, 0.15) is 13.2 Å². The molecule has 0 fully saturated rings. The molecule has 0 aliphatic heterocycles. The quantitative estimate of drug-likeness (QED) is 0.0262. The van der Waals surface area contributed by atoms with Gasteiger partial charge in [0.15, 0.2) is 6.10 Å². The van der Waals surface area contributed by atoms with E-state index in [0.717, 1.165) is 83.5 Å². The van der Waals surface area contributed by atoms with Gasteiger partial charge < -0.3 is 14.2 Å². The molecule has 0 bridgehead atoms. The van der Waals surface area contributed by atoms with E-state index in [9.17, 15) is 14.4 Å². The summed E-state index contributed by atoms with van der Waals surface area (Å²) in [7, 11) is 0. The van der Waals surface area contributed by atoms with Crippen LogP contribution < -0.4 is 0 Å². The highest BCUT2D eigenvalue weighted by atomic mass is 16.6. The normalized spacial score (nSPS) is 12.2. The first-order valence-electron chi connectivity index (χ1n) is 29.5. The molecule has 67 heavy (non-hydrogen) atoms. The number of carbonyl (C=O) groups is 3. The van der Waals surface area contributed by atoms with Crippen LogP contribution in [-0.2, 0) is 28.6 Å². The SMILES string of the molecule is CC/C=C\C/C=C\C/C=C\CCCCCC(=O)OC(COC(=O)CCCCCCCCCCCCC)COC(=O)CCCCCCCCCCCCCCCCCCCCCCCCCCC. The van der Waals surface area contributed by atoms with Crippen LogP contribution in [-0.4, -0.2) is 37.2 Å². The summed E-state index contributed by atoms with van der Waals surface area (Å²) in [6, 6.07) is 0. The van der Waals surface area contributed by atoms with Crippen LogP contribution in [0.15, 0.2) is 36.5 Å². The number of esters is 3. The monoisotopic (exact) mass is 941 g/mol. The second kappa shape index (κ2) is 56.2. The molecule has 0 aromatic heterocycles. The predicted octanol–water partition coefficient (Wildman–Crippen LogP) is 19.7. The van der Waals surface area contributed by atoms with Crippen LogP contribution in [0.5, 0.6) is 0 Å². The van der Waals surface area contributed by atoms with Crippen LogP contribution in [0.2, 0.25) is 0 Å². The van der Waals surface area contributed by atoms with Crippen molar-refractivity contribution in [3.63, 3.8) is 0 Å². The molecule has 0 radical (unpaired) electrons. The van der Waals surface area contributed by atoms with E-state index in [0.29, 0.717) is 19.3 Å². The zero-order valence-electron chi connectivity index (χ0n) is 44.9. The first-order chi connectivity index (χ1) is 33.0. The Hall–Kier alpha value is -2.37. The fraction of sp³-hybridized carbons (Fsp3) is 0.852. The second-order valence-corrected chi connectivity index (χ2v) is 19.9. The van der Waals surface area contributed by atoms with E-state index in [1.165, 1.54) is 193 Å². The topological polar surface area (TPSA) is 78.9 Å². The molecule has 6 nitrogen and oxygen atoms in total. The van der Waals surface area contributed by atoms with Crippen molar-refractivity contribution in [2.24, 2.45) is 0 Å². The minimum Gasteiger partial charge on any atom is -0.462 e. The van der Waals surface area contributed by atoms with E-state index in [2.05, 4.69) is 57.2 Å². The van der Waals surface area contributed by atoms with Gasteiger partial charge in [-0.15, -0.1) is 0 Å². The largest absolute Gasteiger partial charge is 0.462 e. The molecule has 0 rings (SSSR count). The molecule has 6 heteroatoms. The lowest BCUT2D eigenvalue weighted by atomic mass is 10.0. The Morgan fingerprint density at radius 1 is 0.313 bits per heavy atom. The summed E-state index contributed by atoms with van der Waals surface area (Å²) in [5.41, 5.74) is 0. The third kappa shape index (κ3) is 54.4. The highest BCUT2D eigenvalue weighted by Gasteiger charge is 2.19. The summed E-state index contributed by atoms with van der Waals surface area (Å²) in [5.74, 6) is -0.893. The third-order valence-corrected chi connectivity index (χ3v) is 13.2. The van der Waals surface area contributed by atoms with E-state index in [1.807, 2.05) is 0 Å². The van der Waals surface area contributed by atoms with Crippen LogP contribution >= 0.6 is 0 Å². The standard InChI is InChI=1S/C61H112O6/c1-4-7-10-13-16-19-22-24-25-26-27-28-29-30-31-32-33-34-35-37-39-42-45-48-51-54-60(63)66-57-58(56-65-59(62)53-50-47-44-41-38-21-18-15-12-9-6-3)67-61(64)55-52-49-46-43-40-36-23-20-17-14-11-8-5-2/h8,11,17,20,36,40,58H,4-7,9-10,12-16,18-19,21-35,37-39,41-57H2,1-3H3/b11-8-,20-17-,40-36-. The first-order valence-corrected chi connectivity index (χ1v) is 29.5. The Morgan fingerprint density at radius 2 is 0.582 bits per heavy atom. The lowest BCUT2D eigenvalue weighted by Crippen LogP contribution is -2.30. The molecular formula is C61H112O6. The lowest BCUT2D eigenvalue weighted by molar-refractivity contribution is -0.167. The van der Waals surface area contributed by atoms with Gasteiger partial charge in [0.2, 0.25) is 0 Å². The summed E-state index contributed by atoms with van der Waals surface area (Å²) in [6.45, 7) is 6.54. The predicted molar refractivity (Wildman–Crippen MR) is 289 cm³/mol. The number of hydrogen-bond donors (Lipinski definition) is 0. The maximum Gasteiger partial charge on any atom is 0.306 e. The summed E-state index contributed by atoms with van der Waals surface area (Å²) >= 11 is 0. The molecule has 0 aliphatic carbocycles. The van der Waals surface area contributed by atoms with Crippen molar-refractivity contribution < 1.29 is 28.6 Å². The summed E-state index contributed by atoms with van der Waals surface area (Å²) in [4.78, 5) is 38.0. The maximum atomic E-state index is 12.8. The Labute approximate surface area is 416 Å². The smallest absolute Gasteiger partial charge is 0.306 e. The van der Waals surface area contributed by atoms with Crippen molar-refractivity contribution in [2.45, 2.75) is 322 Å². The molecular weight excluding hydrogens is 829 g/mol. The van der Waals surface area contributed by atoms with Gasteiger partial charge in [-0.05, 0) is 51.4 Å². The maximum absolute atomic E-state index is 12.8. The van der Waals surface area contributed by atoms with Gasteiger partial charge in [-0.3, -0.25) is 14.4 Å². The third-order valence-electron chi connectivity index (χ3n) is 13.2. The van der Waals surface area contributed by atoms with Gasteiger partial charge in [-0.1, -0.05) is 282 Å². The Balaban J connectivity index is 4.17. The minimum absolute atomic E-state index is 0.0795. The fourth-order valence-electron chi connectivity index (χ4n) is 8.75. The van der Waals surface area contributed by atoms with Gasteiger partial charge in [0, 0.05) is 19.3 Å². The number of rotatable bonds is 54. The molecule has 0 spiro atoms.